The zero-order valence-electron chi connectivity index (χ0n) is 11.0. The van der Waals surface area contributed by atoms with E-state index in [1.54, 1.807) is 0 Å². The van der Waals surface area contributed by atoms with Gasteiger partial charge in [0.2, 0.25) is 0 Å². The van der Waals surface area contributed by atoms with Crippen LogP contribution in [0.4, 0.5) is 0 Å². The number of piperidine rings is 1. The maximum absolute atomic E-state index is 6.02. The average Bonchev–Trinajstić information content (AvgIpc) is 2.88. The molecule has 2 N–H and O–H groups in total. The van der Waals surface area contributed by atoms with E-state index >= 15 is 0 Å². The van der Waals surface area contributed by atoms with Crippen LogP contribution in [0.3, 0.4) is 0 Å². The highest BCUT2D eigenvalue weighted by Crippen LogP contribution is 2.19. The summed E-state index contributed by atoms with van der Waals surface area (Å²) in [6.07, 6.45) is 3.72. The molecule has 100 valence electrons. The summed E-state index contributed by atoms with van der Waals surface area (Å²) >= 11 is 0. The molecule has 0 atom stereocenters. The second kappa shape index (κ2) is 5.34. The van der Waals surface area contributed by atoms with Crippen LogP contribution in [0.25, 0.3) is 11.0 Å². The molecular weight excluding hydrogens is 238 g/mol. The van der Waals surface area contributed by atoms with E-state index in [1.165, 1.54) is 19.3 Å². The van der Waals surface area contributed by atoms with E-state index < -0.39 is 0 Å². The van der Waals surface area contributed by atoms with Gasteiger partial charge in [-0.2, -0.15) is 0 Å². The maximum Gasteiger partial charge on any atom is 0.191 e. The average molecular weight is 257 g/mol. The van der Waals surface area contributed by atoms with Crippen molar-refractivity contribution in [1.82, 2.24) is 4.90 Å². The Morgan fingerprint density at radius 1 is 1.21 bits per heavy atom. The molecule has 2 heterocycles. The number of furan rings is 1. The Morgan fingerprint density at radius 3 is 2.79 bits per heavy atom. The quantitative estimate of drug-likeness (QED) is 0.665. The van der Waals surface area contributed by atoms with Gasteiger partial charge in [-0.3, -0.25) is 0 Å². The summed E-state index contributed by atoms with van der Waals surface area (Å²) in [6.45, 7) is 2.56. The van der Waals surface area contributed by atoms with E-state index in [0.29, 0.717) is 12.5 Å². The fraction of sp³-hybridized carbons (Fsp3) is 0.400. The summed E-state index contributed by atoms with van der Waals surface area (Å²) in [4.78, 5) is 6.60. The van der Waals surface area contributed by atoms with Gasteiger partial charge in [0.25, 0.3) is 0 Å². The summed E-state index contributed by atoms with van der Waals surface area (Å²) < 4.78 is 5.72. The first kappa shape index (κ1) is 12.1. The van der Waals surface area contributed by atoms with E-state index in [2.05, 4.69) is 9.89 Å². The summed E-state index contributed by atoms with van der Waals surface area (Å²) in [5.74, 6) is 1.50. The lowest BCUT2D eigenvalue weighted by Gasteiger charge is -2.27. The van der Waals surface area contributed by atoms with E-state index in [9.17, 15) is 0 Å². The molecule has 2 aromatic rings. The lowest BCUT2D eigenvalue weighted by atomic mass is 10.1. The molecule has 0 radical (unpaired) electrons. The van der Waals surface area contributed by atoms with Crippen LogP contribution in [0, 0.1) is 0 Å². The minimum atomic E-state index is 0.511. The summed E-state index contributed by atoms with van der Waals surface area (Å²) in [5, 5.41) is 1.12. The molecule has 1 aromatic heterocycles. The minimum Gasteiger partial charge on any atom is -0.459 e. The summed E-state index contributed by atoms with van der Waals surface area (Å²) in [6, 6.07) is 10.0. The Bertz CT molecular complexity index is 549. The van der Waals surface area contributed by atoms with Crippen LogP contribution in [-0.4, -0.2) is 23.9 Å². The first-order valence-corrected chi connectivity index (χ1v) is 6.85. The van der Waals surface area contributed by atoms with Crippen molar-refractivity contribution >= 4 is 16.9 Å². The highest BCUT2D eigenvalue weighted by Gasteiger charge is 2.12. The number of hydrogen-bond donors (Lipinski definition) is 1. The Kier molecular flexibility index (Phi) is 3.40. The van der Waals surface area contributed by atoms with E-state index in [1.807, 2.05) is 30.3 Å². The van der Waals surface area contributed by atoms with Crippen molar-refractivity contribution in [2.45, 2.75) is 25.8 Å². The van der Waals surface area contributed by atoms with Crippen molar-refractivity contribution in [3.05, 3.63) is 36.1 Å². The van der Waals surface area contributed by atoms with Gasteiger partial charge in [-0.1, -0.05) is 18.2 Å². The maximum atomic E-state index is 6.02. The van der Waals surface area contributed by atoms with E-state index in [-0.39, 0.29) is 0 Å². The molecule has 1 aliphatic heterocycles. The molecule has 1 aliphatic rings. The molecule has 4 heteroatoms. The first-order chi connectivity index (χ1) is 9.33. The first-order valence-electron chi connectivity index (χ1n) is 6.85. The van der Waals surface area contributed by atoms with Crippen molar-refractivity contribution < 1.29 is 4.42 Å². The lowest BCUT2D eigenvalue weighted by Crippen LogP contribution is -2.40. The van der Waals surface area contributed by atoms with Crippen molar-refractivity contribution in [2.24, 2.45) is 10.7 Å². The molecular formula is C15H19N3O. The number of para-hydroxylation sites is 1. The van der Waals surface area contributed by atoms with Gasteiger partial charge in [0.1, 0.15) is 17.9 Å². The summed E-state index contributed by atoms with van der Waals surface area (Å²) in [5.41, 5.74) is 6.93. The molecule has 0 amide bonds. The highest BCUT2D eigenvalue weighted by molar-refractivity contribution is 5.79. The molecule has 1 fully saturated rings. The van der Waals surface area contributed by atoms with Crippen LogP contribution in [0.2, 0.25) is 0 Å². The predicted octanol–water partition coefficient (Wildman–Crippen LogP) is 2.73. The Balaban J connectivity index is 1.70. The van der Waals surface area contributed by atoms with E-state index in [0.717, 1.165) is 29.8 Å². The highest BCUT2D eigenvalue weighted by atomic mass is 16.3. The molecule has 0 bridgehead atoms. The minimum absolute atomic E-state index is 0.511. The number of aliphatic imine (C=N–C) groups is 1. The third kappa shape index (κ3) is 2.72. The second-order valence-electron chi connectivity index (χ2n) is 4.97. The molecule has 0 saturated carbocycles. The normalized spacial score (nSPS) is 17.1. The van der Waals surface area contributed by atoms with Crippen LogP contribution in [0.1, 0.15) is 25.0 Å². The fourth-order valence-electron chi connectivity index (χ4n) is 2.50. The number of nitrogens with zero attached hydrogens (tertiary/aromatic N) is 2. The van der Waals surface area contributed by atoms with Crippen molar-refractivity contribution in [3.63, 3.8) is 0 Å². The molecule has 0 unspecified atom stereocenters. The Morgan fingerprint density at radius 2 is 2.00 bits per heavy atom. The standard InChI is InChI=1S/C15H19N3O/c16-15(18-8-4-1-5-9-18)17-11-13-10-12-6-2-3-7-14(12)19-13/h2-3,6-7,10H,1,4-5,8-9,11H2,(H2,16,17). The lowest BCUT2D eigenvalue weighted by molar-refractivity contribution is 0.337. The largest absolute Gasteiger partial charge is 0.459 e. The third-order valence-electron chi connectivity index (χ3n) is 3.55. The van der Waals surface area contributed by atoms with Crippen molar-refractivity contribution in [1.29, 1.82) is 0 Å². The number of likely N-dealkylation sites (tertiary alicyclic amines) is 1. The summed E-state index contributed by atoms with van der Waals surface area (Å²) in [7, 11) is 0. The van der Waals surface area contributed by atoms with Gasteiger partial charge < -0.3 is 15.1 Å². The second-order valence-corrected chi connectivity index (χ2v) is 4.97. The van der Waals surface area contributed by atoms with Crippen molar-refractivity contribution in [2.75, 3.05) is 13.1 Å². The molecule has 0 aliphatic carbocycles. The zero-order chi connectivity index (χ0) is 13.1. The van der Waals surface area contributed by atoms with Gasteiger partial charge in [-0.25, -0.2) is 4.99 Å². The van der Waals surface area contributed by atoms with Crippen molar-refractivity contribution in [3.8, 4) is 0 Å². The van der Waals surface area contributed by atoms with Crippen LogP contribution >= 0.6 is 0 Å². The Hall–Kier alpha value is -1.97. The van der Waals surface area contributed by atoms with Crippen LogP contribution < -0.4 is 5.73 Å². The van der Waals surface area contributed by atoms with Gasteiger partial charge in [-0.05, 0) is 31.4 Å². The smallest absolute Gasteiger partial charge is 0.191 e. The van der Waals surface area contributed by atoms with Gasteiger partial charge in [0.15, 0.2) is 5.96 Å². The number of fused-ring (bicyclic) bond motifs is 1. The molecule has 19 heavy (non-hydrogen) atoms. The van der Waals surface area contributed by atoms with E-state index in [4.69, 9.17) is 10.2 Å². The molecule has 4 nitrogen and oxygen atoms in total. The third-order valence-corrected chi connectivity index (χ3v) is 3.55. The molecule has 0 spiro atoms. The van der Waals surface area contributed by atoms with Crippen LogP contribution in [0.15, 0.2) is 39.7 Å². The topological polar surface area (TPSA) is 54.8 Å². The number of benzene rings is 1. The SMILES string of the molecule is NC(=NCc1cc2ccccc2o1)N1CCCCC1. The number of hydrogen-bond acceptors (Lipinski definition) is 2. The van der Waals surface area contributed by atoms with Gasteiger partial charge >= 0.3 is 0 Å². The zero-order valence-corrected chi connectivity index (χ0v) is 11.0. The van der Waals surface area contributed by atoms with Gasteiger partial charge in [0, 0.05) is 18.5 Å². The number of nitrogens with two attached hydrogens (primary N) is 1. The van der Waals surface area contributed by atoms with Gasteiger partial charge in [0.05, 0.1) is 0 Å². The molecule has 1 saturated heterocycles. The van der Waals surface area contributed by atoms with Crippen LogP contribution in [0.5, 0.6) is 0 Å². The number of rotatable bonds is 2. The molecule has 1 aromatic carbocycles. The monoisotopic (exact) mass is 257 g/mol. The van der Waals surface area contributed by atoms with Gasteiger partial charge in [-0.15, -0.1) is 0 Å². The van der Waals surface area contributed by atoms with Crippen LogP contribution in [-0.2, 0) is 6.54 Å². The number of guanidine groups is 1. The predicted molar refractivity (Wildman–Crippen MR) is 77.0 cm³/mol. The Labute approximate surface area is 112 Å². The molecule has 3 rings (SSSR count). The fourth-order valence-corrected chi connectivity index (χ4v) is 2.50.